The lowest BCUT2D eigenvalue weighted by molar-refractivity contribution is -0.112. The third-order valence-electron chi connectivity index (χ3n) is 3.84. The summed E-state index contributed by atoms with van der Waals surface area (Å²) in [6.07, 6.45) is 1.46. The predicted molar refractivity (Wildman–Crippen MR) is 110 cm³/mol. The molecule has 28 heavy (non-hydrogen) atoms. The molecule has 0 saturated carbocycles. The summed E-state index contributed by atoms with van der Waals surface area (Å²) in [6, 6.07) is 12.8. The van der Waals surface area contributed by atoms with Crippen molar-refractivity contribution in [3.05, 3.63) is 57.1 Å². The Hall–Kier alpha value is -3.29. The largest absolute Gasteiger partial charge is 0.493 e. The molecular weight excluding hydrogens is 422 g/mol. The Morgan fingerprint density at radius 3 is 2.61 bits per heavy atom. The van der Waals surface area contributed by atoms with E-state index in [0.717, 1.165) is 11.1 Å². The Labute approximate surface area is 172 Å². The lowest BCUT2D eigenvalue weighted by Gasteiger charge is -2.12. The number of aryl methyl sites for hydroxylation is 2. The van der Waals surface area contributed by atoms with Gasteiger partial charge >= 0.3 is 0 Å². The molecule has 0 aliphatic carbocycles. The molecule has 0 fully saturated rings. The highest BCUT2D eigenvalue weighted by molar-refractivity contribution is 9.10. The quantitative estimate of drug-likeness (QED) is 0.526. The number of halogens is 1. The fourth-order valence-corrected chi connectivity index (χ4v) is 3.10. The Kier molecular flexibility index (Phi) is 7.20. The van der Waals surface area contributed by atoms with Crippen LogP contribution in [0.5, 0.6) is 11.5 Å². The van der Waals surface area contributed by atoms with Gasteiger partial charge in [-0.2, -0.15) is 10.5 Å². The third kappa shape index (κ3) is 5.12. The average Bonchev–Trinajstić information content (AvgIpc) is 2.66. The first-order valence-electron chi connectivity index (χ1n) is 8.27. The summed E-state index contributed by atoms with van der Waals surface area (Å²) < 4.78 is 11.2. The molecule has 0 atom stereocenters. The van der Waals surface area contributed by atoms with Crippen LogP contribution >= 0.6 is 15.9 Å². The van der Waals surface area contributed by atoms with Crippen LogP contribution in [0.25, 0.3) is 6.08 Å². The summed E-state index contributed by atoms with van der Waals surface area (Å²) in [7, 11) is 1.46. The zero-order valence-corrected chi connectivity index (χ0v) is 17.3. The second-order valence-electron chi connectivity index (χ2n) is 5.92. The van der Waals surface area contributed by atoms with Crippen molar-refractivity contribution < 1.29 is 14.3 Å². The van der Waals surface area contributed by atoms with Gasteiger partial charge in [0.15, 0.2) is 18.1 Å². The van der Waals surface area contributed by atoms with Gasteiger partial charge in [0.1, 0.15) is 17.7 Å². The molecule has 2 aromatic carbocycles. The minimum atomic E-state index is -0.505. The summed E-state index contributed by atoms with van der Waals surface area (Å²) in [5.41, 5.74) is 3.16. The third-order valence-corrected chi connectivity index (χ3v) is 4.43. The highest BCUT2D eigenvalue weighted by Crippen LogP contribution is 2.37. The van der Waals surface area contributed by atoms with Crippen molar-refractivity contribution in [3.63, 3.8) is 0 Å². The standard InChI is InChI=1S/C21H18BrN3O3/c1-13-4-5-18(14(2)8-13)25-21(26)16(12-24)9-15-10-17(22)20(28-7-6-23)19(11-15)27-3/h4-5,8-11H,7H2,1-3H3,(H,25,26)/b16-9+. The molecule has 1 amide bonds. The number of hydrogen-bond donors (Lipinski definition) is 1. The molecule has 142 valence electrons. The number of methoxy groups -OCH3 is 1. The minimum absolute atomic E-state index is 0.0559. The number of anilines is 1. The molecular formula is C21H18BrN3O3. The molecule has 0 heterocycles. The maximum Gasteiger partial charge on any atom is 0.266 e. The molecule has 0 unspecified atom stereocenters. The fourth-order valence-electron chi connectivity index (χ4n) is 2.53. The van der Waals surface area contributed by atoms with Crippen LogP contribution in [0, 0.1) is 36.5 Å². The fraction of sp³-hybridized carbons (Fsp3) is 0.190. The predicted octanol–water partition coefficient (Wildman–Crippen LogP) is 4.52. The molecule has 0 aliphatic rings. The van der Waals surface area contributed by atoms with Crippen LogP contribution in [0.15, 0.2) is 40.4 Å². The number of carbonyl (C=O) groups excluding carboxylic acids is 1. The van der Waals surface area contributed by atoms with E-state index in [2.05, 4.69) is 21.2 Å². The molecule has 7 heteroatoms. The molecule has 0 aliphatic heterocycles. The van der Waals surface area contributed by atoms with Gasteiger partial charge in [0.25, 0.3) is 5.91 Å². The Bertz CT molecular complexity index is 1020. The molecule has 0 aromatic heterocycles. The van der Waals surface area contributed by atoms with Gasteiger partial charge in [-0.15, -0.1) is 0 Å². The summed E-state index contributed by atoms with van der Waals surface area (Å²) in [4.78, 5) is 12.5. The van der Waals surface area contributed by atoms with E-state index in [4.69, 9.17) is 14.7 Å². The van der Waals surface area contributed by atoms with Gasteiger partial charge in [-0.1, -0.05) is 17.7 Å². The van der Waals surface area contributed by atoms with Crippen molar-refractivity contribution in [3.8, 4) is 23.6 Å². The van der Waals surface area contributed by atoms with Gasteiger partial charge < -0.3 is 14.8 Å². The van der Waals surface area contributed by atoms with Crippen molar-refractivity contribution in [2.75, 3.05) is 19.0 Å². The topological polar surface area (TPSA) is 95.1 Å². The van der Waals surface area contributed by atoms with Crippen LogP contribution in [0.3, 0.4) is 0 Å². The number of nitriles is 2. The SMILES string of the molecule is COc1cc(/C=C(\C#N)C(=O)Nc2ccc(C)cc2C)cc(Br)c1OCC#N. The Morgan fingerprint density at radius 2 is 2.00 bits per heavy atom. The zero-order chi connectivity index (χ0) is 20.7. The van der Waals surface area contributed by atoms with E-state index < -0.39 is 5.91 Å². The minimum Gasteiger partial charge on any atom is -0.493 e. The van der Waals surface area contributed by atoms with Crippen molar-refractivity contribution in [1.29, 1.82) is 10.5 Å². The van der Waals surface area contributed by atoms with Crippen LogP contribution in [0.4, 0.5) is 5.69 Å². The van der Waals surface area contributed by atoms with Gasteiger partial charge in [0.2, 0.25) is 0 Å². The van der Waals surface area contributed by atoms with E-state index in [1.54, 1.807) is 18.2 Å². The highest BCUT2D eigenvalue weighted by Gasteiger charge is 2.14. The van der Waals surface area contributed by atoms with Crippen LogP contribution in [-0.2, 0) is 4.79 Å². The number of rotatable bonds is 6. The van der Waals surface area contributed by atoms with Crippen LogP contribution in [-0.4, -0.2) is 19.6 Å². The molecule has 0 radical (unpaired) electrons. The van der Waals surface area contributed by atoms with Gasteiger partial charge in [-0.05, 0) is 65.2 Å². The van der Waals surface area contributed by atoms with Crippen molar-refractivity contribution in [1.82, 2.24) is 0 Å². The van der Waals surface area contributed by atoms with E-state index in [1.807, 2.05) is 38.1 Å². The van der Waals surface area contributed by atoms with E-state index in [9.17, 15) is 10.1 Å². The molecule has 0 spiro atoms. The van der Waals surface area contributed by atoms with Crippen LogP contribution in [0.1, 0.15) is 16.7 Å². The second kappa shape index (κ2) is 9.59. The molecule has 0 saturated heterocycles. The number of ether oxygens (including phenoxy) is 2. The molecule has 6 nitrogen and oxygen atoms in total. The number of carbonyl (C=O) groups is 1. The first-order chi connectivity index (χ1) is 13.4. The van der Waals surface area contributed by atoms with E-state index in [0.29, 0.717) is 27.2 Å². The smallest absolute Gasteiger partial charge is 0.266 e. The average molecular weight is 440 g/mol. The van der Waals surface area contributed by atoms with Gasteiger partial charge in [-0.3, -0.25) is 4.79 Å². The zero-order valence-electron chi connectivity index (χ0n) is 15.7. The lowest BCUT2D eigenvalue weighted by Crippen LogP contribution is -2.14. The second-order valence-corrected chi connectivity index (χ2v) is 6.78. The van der Waals surface area contributed by atoms with Crippen LogP contribution < -0.4 is 14.8 Å². The van der Waals surface area contributed by atoms with Crippen molar-refractivity contribution in [2.45, 2.75) is 13.8 Å². The monoisotopic (exact) mass is 439 g/mol. The number of nitrogens with one attached hydrogen (secondary N) is 1. The first-order valence-corrected chi connectivity index (χ1v) is 9.06. The van der Waals surface area contributed by atoms with Crippen LogP contribution in [0.2, 0.25) is 0 Å². The highest BCUT2D eigenvalue weighted by atomic mass is 79.9. The number of amides is 1. The molecule has 0 bridgehead atoms. The van der Waals surface area contributed by atoms with E-state index >= 15 is 0 Å². The summed E-state index contributed by atoms with van der Waals surface area (Å²) in [5.74, 6) is 0.247. The molecule has 2 rings (SSSR count). The van der Waals surface area contributed by atoms with Gasteiger partial charge in [-0.25, -0.2) is 0 Å². The van der Waals surface area contributed by atoms with E-state index in [1.165, 1.54) is 13.2 Å². The van der Waals surface area contributed by atoms with E-state index in [-0.39, 0.29) is 12.2 Å². The van der Waals surface area contributed by atoms with Gasteiger partial charge in [0, 0.05) is 5.69 Å². The normalized spacial score (nSPS) is 10.6. The number of nitrogens with zero attached hydrogens (tertiary/aromatic N) is 2. The Morgan fingerprint density at radius 1 is 1.25 bits per heavy atom. The van der Waals surface area contributed by atoms with Gasteiger partial charge in [0.05, 0.1) is 11.6 Å². The van der Waals surface area contributed by atoms with Crippen molar-refractivity contribution in [2.24, 2.45) is 0 Å². The maximum absolute atomic E-state index is 12.5. The maximum atomic E-state index is 12.5. The number of benzene rings is 2. The lowest BCUT2D eigenvalue weighted by atomic mass is 10.1. The summed E-state index contributed by atoms with van der Waals surface area (Å²) in [5, 5.41) is 20.9. The number of hydrogen-bond acceptors (Lipinski definition) is 5. The van der Waals surface area contributed by atoms with Crippen molar-refractivity contribution >= 4 is 33.6 Å². The first kappa shape index (κ1) is 21.0. The summed E-state index contributed by atoms with van der Waals surface area (Å²) in [6.45, 7) is 3.72. The summed E-state index contributed by atoms with van der Waals surface area (Å²) >= 11 is 3.36. The Balaban J connectivity index is 2.33. The molecule has 1 N–H and O–H groups in total. The molecule has 2 aromatic rings.